The van der Waals surface area contributed by atoms with Crippen molar-refractivity contribution in [2.75, 3.05) is 0 Å². The van der Waals surface area contributed by atoms with Gasteiger partial charge in [-0.3, -0.25) is 4.79 Å². The van der Waals surface area contributed by atoms with Gasteiger partial charge in [0.25, 0.3) is 0 Å². The molecule has 1 heterocycles. The van der Waals surface area contributed by atoms with E-state index in [1.807, 2.05) is 25.1 Å². The molecule has 0 amide bonds. The van der Waals surface area contributed by atoms with Crippen molar-refractivity contribution in [1.82, 2.24) is 4.57 Å². The Kier molecular flexibility index (Phi) is 4.20. The van der Waals surface area contributed by atoms with Crippen molar-refractivity contribution < 1.29 is 4.79 Å². The minimum atomic E-state index is 0.145. The molecule has 0 atom stereocenters. The van der Waals surface area contributed by atoms with Crippen molar-refractivity contribution in [2.24, 2.45) is 0 Å². The van der Waals surface area contributed by atoms with Gasteiger partial charge < -0.3 is 4.57 Å². The van der Waals surface area contributed by atoms with Crippen molar-refractivity contribution in [3.8, 4) is 11.1 Å². The van der Waals surface area contributed by atoms with Crippen LogP contribution in [0.25, 0.3) is 11.1 Å². The maximum absolute atomic E-state index is 11.9. The van der Waals surface area contributed by atoms with E-state index >= 15 is 0 Å². The van der Waals surface area contributed by atoms with Gasteiger partial charge in [-0.05, 0) is 25.8 Å². The number of rotatable bonds is 5. The SMILES string of the molecule is CCCCn1cc(-c2ccccc2)c(C(C)=O)c1C. The number of carbonyl (C=O) groups is 1. The minimum Gasteiger partial charge on any atom is -0.350 e. The third kappa shape index (κ3) is 2.78. The summed E-state index contributed by atoms with van der Waals surface area (Å²) >= 11 is 0. The fourth-order valence-corrected chi connectivity index (χ4v) is 2.50. The van der Waals surface area contributed by atoms with E-state index in [2.05, 4.69) is 29.8 Å². The molecule has 0 bridgehead atoms. The standard InChI is InChI=1S/C17H21NO/c1-4-5-11-18-12-16(15-9-7-6-8-10-15)17(13(18)2)14(3)19/h6-10,12H,4-5,11H2,1-3H3. The maximum atomic E-state index is 11.9. The van der Waals surface area contributed by atoms with E-state index in [9.17, 15) is 4.79 Å². The van der Waals surface area contributed by atoms with E-state index in [0.29, 0.717) is 0 Å². The zero-order valence-corrected chi connectivity index (χ0v) is 11.9. The predicted octanol–water partition coefficient (Wildman–Crippen LogP) is 4.47. The molecule has 1 aromatic carbocycles. The molecule has 19 heavy (non-hydrogen) atoms. The highest BCUT2D eigenvalue weighted by atomic mass is 16.1. The first-order chi connectivity index (χ1) is 9.15. The highest BCUT2D eigenvalue weighted by Crippen LogP contribution is 2.28. The van der Waals surface area contributed by atoms with Crippen LogP contribution < -0.4 is 0 Å². The molecule has 2 heteroatoms. The van der Waals surface area contributed by atoms with Gasteiger partial charge in [0, 0.05) is 29.6 Å². The average Bonchev–Trinajstić information content (AvgIpc) is 2.74. The van der Waals surface area contributed by atoms with E-state index in [4.69, 9.17) is 0 Å². The molecular weight excluding hydrogens is 234 g/mol. The Labute approximate surface area is 115 Å². The Morgan fingerprint density at radius 2 is 1.89 bits per heavy atom. The van der Waals surface area contributed by atoms with Crippen LogP contribution in [0.5, 0.6) is 0 Å². The molecule has 0 aliphatic heterocycles. The largest absolute Gasteiger partial charge is 0.350 e. The Morgan fingerprint density at radius 1 is 1.21 bits per heavy atom. The summed E-state index contributed by atoms with van der Waals surface area (Å²) in [7, 11) is 0. The van der Waals surface area contributed by atoms with Gasteiger partial charge in [-0.1, -0.05) is 43.7 Å². The Balaban J connectivity index is 2.51. The summed E-state index contributed by atoms with van der Waals surface area (Å²) in [5, 5.41) is 0. The molecule has 0 spiro atoms. The smallest absolute Gasteiger partial charge is 0.162 e. The first kappa shape index (κ1) is 13.6. The molecule has 0 N–H and O–H groups in total. The number of unbranched alkanes of at least 4 members (excludes halogenated alkanes) is 1. The Bertz CT molecular complexity index is 566. The van der Waals surface area contributed by atoms with Crippen LogP contribution in [0.2, 0.25) is 0 Å². The average molecular weight is 255 g/mol. The third-order valence-electron chi connectivity index (χ3n) is 3.54. The molecule has 0 saturated carbocycles. The molecule has 100 valence electrons. The summed E-state index contributed by atoms with van der Waals surface area (Å²) in [4.78, 5) is 11.9. The van der Waals surface area contributed by atoms with Gasteiger partial charge in [0.15, 0.2) is 5.78 Å². The Hall–Kier alpha value is -1.83. The summed E-state index contributed by atoms with van der Waals surface area (Å²) in [6.45, 7) is 6.86. The summed E-state index contributed by atoms with van der Waals surface area (Å²) in [6.07, 6.45) is 4.42. The normalized spacial score (nSPS) is 10.7. The molecular formula is C17H21NO. The molecule has 0 radical (unpaired) electrons. The zero-order chi connectivity index (χ0) is 13.8. The van der Waals surface area contributed by atoms with Gasteiger partial charge >= 0.3 is 0 Å². The highest BCUT2D eigenvalue weighted by Gasteiger charge is 2.17. The van der Waals surface area contributed by atoms with Crippen LogP contribution in [0.1, 0.15) is 42.7 Å². The summed E-state index contributed by atoms with van der Waals surface area (Å²) in [5.74, 6) is 0.145. The van der Waals surface area contributed by atoms with E-state index in [-0.39, 0.29) is 5.78 Å². The molecule has 0 unspecified atom stereocenters. The first-order valence-electron chi connectivity index (χ1n) is 6.91. The van der Waals surface area contributed by atoms with Crippen molar-refractivity contribution in [2.45, 2.75) is 40.2 Å². The molecule has 2 nitrogen and oxygen atoms in total. The number of hydrogen-bond acceptors (Lipinski definition) is 1. The topological polar surface area (TPSA) is 22.0 Å². The fourth-order valence-electron chi connectivity index (χ4n) is 2.50. The van der Waals surface area contributed by atoms with Crippen LogP contribution >= 0.6 is 0 Å². The van der Waals surface area contributed by atoms with Crippen molar-refractivity contribution in [3.05, 3.63) is 47.8 Å². The van der Waals surface area contributed by atoms with Gasteiger partial charge in [0.05, 0.1) is 0 Å². The highest BCUT2D eigenvalue weighted by molar-refractivity contribution is 6.02. The third-order valence-corrected chi connectivity index (χ3v) is 3.54. The van der Waals surface area contributed by atoms with E-state index < -0.39 is 0 Å². The second kappa shape index (κ2) is 5.87. The number of carbonyl (C=O) groups excluding carboxylic acids is 1. The second-order valence-electron chi connectivity index (χ2n) is 4.97. The lowest BCUT2D eigenvalue weighted by atomic mass is 10.0. The lowest BCUT2D eigenvalue weighted by Gasteiger charge is -2.04. The number of aromatic nitrogens is 1. The zero-order valence-electron chi connectivity index (χ0n) is 11.9. The number of benzene rings is 1. The monoisotopic (exact) mass is 255 g/mol. The molecule has 1 aromatic heterocycles. The van der Waals surface area contributed by atoms with Crippen LogP contribution in [0.15, 0.2) is 36.5 Å². The molecule has 0 saturated heterocycles. The van der Waals surface area contributed by atoms with Crippen LogP contribution in [0.4, 0.5) is 0 Å². The fraction of sp³-hybridized carbons (Fsp3) is 0.353. The number of ketones is 1. The molecule has 0 aliphatic rings. The van der Waals surface area contributed by atoms with Crippen LogP contribution in [0, 0.1) is 6.92 Å². The first-order valence-corrected chi connectivity index (χ1v) is 6.91. The summed E-state index contributed by atoms with van der Waals surface area (Å²) < 4.78 is 2.21. The second-order valence-corrected chi connectivity index (χ2v) is 4.97. The van der Waals surface area contributed by atoms with Gasteiger partial charge in [-0.2, -0.15) is 0 Å². The van der Waals surface area contributed by atoms with Gasteiger partial charge in [0.1, 0.15) is 0 Å². The minimum absolute atomic E-state index is 0.145. The Morgan fingerprint density at radius 3 is 2.47 bits per heavy atom. The van der Waals surface area contributed by atoms with E-state index in [0.717, 1.165) is 41.8 Å². The van der Waals surface area contributed by atoms with Crippen molar-refractivity contribution >= 4 is 5.78 Å². The van der Waals surface area contributed by atoms with Crippen molar-refractivity contribution in [1.29, 1.82) is 0 Å². The lowest BCUT2D eigenvalue weighted by molar-refractivity contribution is 0.101. The van der Waals surface area contributed by atoms with Crippen LogP contribution in [-0.2, 0) is 6.54 Å². The number of nitrogens with zero attached hydrogens (tertiary/aromatic N) is 1. The molecule has 2 rings (SSSR count). The predicted molar refractivity (Wildman–Crippen MR) is 79.5 cm³/mol. The van der Waals surface area contributed by atoms with Crippen molar-refractivity contribution in [3.63, 3.8) is 0 Å². The molecule has 2 aromatic rings. The van der Waals surface area contributed by atoms with Gasteiger partial charge in [0.2, 0.25) is 0 Å². The number of aryl methyl sites for hydroxylation is 1. The number of Topliss-reactive ketones (excluding diaryl/α,β-unsaturated/α-hetero) is 1. The van der Waals surface area contributed by atoms with Gasteiger partial charge in [-0.15, -0.1) is 0 Å². The number of hydrogen-bond donors (Lipinski definition) is 0. The maximum Gasteiger partial charge on any atom is 0.162 e. The van der Waals surface area contributed by atoms with E-state index in [1.165, 1.54) is 0 Å². The van der Waals surface area contributed by atoms with Crippen LogP contribution in [0.3, 0.4) is 0 Å². The van der Waals surface area contributed by atoms with E-state index in [1.54, 1.807) is 6.92 Å². The summed E-state index contributed by atoms with van der Waals surface area (Å²) in [6, 6.07) is 10.1. The van der Waals surface area contributed by atoms with Gasteiger partial charge in [-0.25, -0.2) is 0 Å². The van der Waals surface area contributed by atoms with Crippen LogP contribution in [-0.4, -0.2) is 10.4 Å². The molecule has 0 aliphatic carbocycles. The molecule has 0 fully saturated rings. The quantitative estimate of drug-likeness (QED) is 0.723. The summed E-state index contributed by atoms with van der Waals surface area (Å²) in [5.41, 5.74) is 4.12. The lowest BCUT2D eigenvalue weighted by Crippen LogP contribution is -2.01.